The van der Waals surface area contributed by atoms with Crippen LogP contribution in [0.1, 0.15) is 24.2 Å². The van der Waals surface area contributed by atoms with Gasteiger partial charge in [0.25, 0.3) is 5.91 Å². The summed E-state index contributed by atoms with van der Waals surface area (Å²) >= 11 is 1.41. The van der Waals surface area contributed by atoms with Crippen molar-refractivity contribution in [3.05, 3.63) is 66.6 Å². The molecule has 1 aromatic carbocycles. The van der Waals surface area contributed by atoms with E-state index < -0.39 is 0 Å². The van der Waals surface area contributed by atoms with Crippen LogP contribution in [0.4, 0.5) is 10.9 Å². The number of amides is 1. The Morgan fingerprint density at radius 3 is 2.48 bits per heavy atom. The predicted octanol–water partition coefficient (Wildman–Crippen LogP) is 4.70. The van der Waals surface area contributed by atoms with Crippen LogP contribution < -0.4 is 10.2 Å². The molecule has 3 heterocycles. The molecule has 0 aliphatic carbocycles. The van der Waals surface area contributed by atoms with E-state index >= 15 is 0 Å². The highest BCUT2D eigenvalue weighted by molar-refractivity contribution is 7.19. The fourth-order valence-electron chi connectivity index (χ4n) is 3.33. The average molecular weight is 433 g/mol. The first-order valence-electron chi connectivity index (χ1n) is 10.2. The summed E-state index contributed by atoms with van der Waals surface area (Å²) in [6, 6.07) is 13.6. The molecular formula is C23H24N6OS. The van der Waals surface area contributed by atoms with Crippen molar-refractivity contribution in [3.8, 4) is 22.0 Å². The minimum absolute atomic E-state index is 0.238. The highest BCUT2D eigenvalue weighted by Gasteiger charge is 2.19. The topological polar surface area (TPSA) is 75.9 Å². The van der Waals surface area contributed by atoms with Gasteiger partial charge in [-0.1, -0.05) is 41.7 Å². The van der Waals surface area contributed by atoms with E-state index in [0.717, 1.165) is 40.9 Å². The molecule has 1 amide bonds. The van der Waals surface area contributed by atoms with E-state index in [1.165, 1.54) is 11.3 Å². The molecule has 0 fully saturated rings. The Morgan fingerprint density at radius 2 is 1.87 bits per heavy atom. The van der Waals surface area contributed by atoms with E-state index in [1.807, 2.05) is 54.2 Å². The standard InChI is InChI=1S/C23H24N6OS/c1-4-29(5-2)18-12-11-17(15-25-18)22(30)27-23-26-19(16-9-7-6-8-10-16)20(31-23)21-24-13-14-28(21)3/h6-15H,4-5H2,1-3H3,(H,26,27,30). The summed E-state index contributed by atoms with van der Waals surface area (Å²) in [6.45, 7) is 5.90. The molecule has 1 N–H and O–H groups in total. The monoisotopic (exact) mass is 432 g/mol. The first kappa shape index (κ1) is 20.7. The van der Waals surface area contributed by atoms with Gasteiger partial charge in [0.1, 0.15) is 5.82 Å². The van der Waals surface area contributed by atoms with E-state index in [1.54, 1.807) is 18.5 Å². The van der Waals surface area contributed by atoms with Crippen LogP contribution in [0.3, 0.4) is 0 Å². The minimum Gasteiger partial charge on any atom is -0.357 e. The number of anilines is 2. The van der Waals surface area contributed by atoms with Crippen molar-refractivity contribution in [3.63, 3.8) is 0 Å². The number of imidazole rings is 1. The molecule has 4 aromatic rings. The summed E-state index contributed by atoms with van der Waals surface area (Å²) in [7, 11) is 1.94. The van der Waals surface area contributed by atoms with Crippen LogP contribution in [0.2, 0.25) is 0 Å². The molecule has 4 rings (SSSR count). The van der Waals surface area contributed by atoms with Gasteiger partial charge >= 0.3 is 0 Å². The quantitative estimate of drug-likeness (QED) is 0.458. The van der Waals surface area contributed by atoms with Crippen molar-refractivity contribution in [2.75, 3.05) is 23.3 Å². The molecule has 0 radical (unpaired) electrons. The fraction of sp³-hybridized carbons (Fsp3) is 0.217. The molecule has 7 nitrogen and oxygen atoms in total. The zero-order valence-electron chi connectivity index (χ0n) is 17.7. The summed E-state index contributed by atoms with van der Waals surface area (Å²) in [4.78, 5) is 29.5. The minimum atomic E-state index is -0.238. The molecule has 0 saturated carbocycles. The van der Waals surface area contributed by atoms with Crippen LogP contribution in [-0.4, -0.2) is 38.5 Å². The number of rotatable bonds is 7. The van der Waals surface area contributed by atoms with Crippen molar-refractivity contribution < 1.29 is 4.79 Å². The van der Waals surface area contributed by atoms with E-state index in [4.69, 9.17) is 4.98 Å². The average Bonchev–Trinajstić information content (AvgIpc) is 3.41. The zero-order valence-corrected chi connectivity index (χ0v) is 18.6. The predicted molar refractivity (Wildman–Crippen MR) is 126 cm³/mol. The molecule has 158 valence electrons. The van der Waals surface area contributed by atoms with Gasteiger partial charge in [0.05, 0.1) is 16.1 Å². The third-order valence-electron chi connectivity index (χ3n) is 5.02. The number of carbonyl (C=O) groups is 1. The van der Waals surface area contributed by atoms with Crippen molar-refractivity contribution >= 4 is 28.2 Å². The zero-order chi connectivity index (χ0) is 21.8. The Balaban J connectivity index is 1.62. The Bertz CT molecular complexity index is 1160. The second kappa shape index (κ2) is 9.09. The number of pyridine rings is 1. The van der Waals surface area contributed by atoms with Crippen molar-refractivity contribution in [1.82, 2.24) is 19.5 Å². The van der Waals surface area contributed by atoms with E-state index in [2.05, 4.69) is 34.0 Å². The maximum absolute atomic E-state index is 12.8. The number of aromatic nitrogens is 4. The van der Waals surface area contributed by atoms with Gasteiger partial charge in [0.15, 0.2) is 11.0 Å². The molecular weight excluding hydrogens is 408 g/mol. The Kier molecular flexibility index (Phi) is 6.08. The van der Waals surface area contributed by atoms with Gasteiger partial charge in [0, 0.05) is 44.3 Å². The lowest BCUT2D eigenvalue weighted by molar-refractivity contribution is 0.102. The lowest BCUT2D eigenvalue weighted by Crippen LogP contribution is -2.23. The molecule has 0 saturated heterocycles. The van der Waals surface area contributed by atoms with Gasteiger partial charge in [-0.3, -0.25) is 10.1 Å². The normalized spacial score (nSPS) is 10.8. The van der Waals surface area contributed by atoms with Gasteiger partial charge in [-0.15, -0.1) is 0 Å². The first-order chi connectivity index (χ1) is 15.1. The molecule has 0 unspecified atom stereocenters. The highest BCUT2D eigenvalue weighted by atomic mass is 32.1. The molecule has 0 aliphatic rings. The maximum Gasteiger partial charge on any atom is 0.259 e. The maximum atomic E-state index is 12.8. The van der Waals surface area contributed by atoms with Crippen LogP contribution in [-0.2, 0) is 7.05 Å². The number of hydrogen-bond donors (Lipinski definition) is 1. The van der Waals surface area contributed by atoms with E-state index in [0.29, 0.717) is 10.7 Å². The van der Waals surface area contributed by atoms with Crippen molar-refractivity contribution in [2.45, 2.75) is 13.8 Å². The van der Waals surface area contributed by atoms with E-state index in [9.17, 15) is 4.79 Å². The van der Waals surface area contributed by atoms with Crippen LogP contribution in [0.15, 0.2) is 61.1 Å². The molecule has 0 aliphatic heterocycles. The van der Waals surface area contributed by atoms with Gasteiger partial charge in [-0.2, -0.15) is 0 Å². The Morgan fingerprint density at radius 1 is 1.10 bits per heavy atom. The second-order valence-corrected chi connectivity index (χ2v) is 7.96. The largest absolute Gasteiger partial charge is 0.357 e. The molecule has 8 heteroatoms. The Labute approximate surface area is 185 Å². The van der Waals surface area contributed by atoms with E-state index in [-0.39, 0.29) is 5.91 Å². The summed E-state index contributed by atoms with van der Waals surface area (Å²) in [5.74, 6) is 1.43. The Hall–Kier alpha value is -3.52. The van der Waals surface area contributed by atoms with Crippen LogP contribution in [0.25, 0.3) is 22.0 Å². The summed E-state index contributed by atoms with van der Waals surface area (Å²) in [5.41, 5.74) is 2.26. The van der Waals surface area contributed by atoms with Crippen molar-refractivity contribution in [1.29, 1.82) is 0 Å². The summed E-state index contributed by atoms with van der Waals surface area (Å²) in [6.07, 6.45) is 5.25. The number of carbonyl (C=O) groups excluding carboxylic acids is 1. The molecule has 31 heavy (non-hydrogen) atoms. The number of nitrogens with one attached hydrogen (secondary N) is 1. The highest BCUT2D eigenvalue weighted by Crippen LogP contribution is 2.38. The smallest absolute Gasteiger partial charge is 0.259 e. The van der Waals surface area contributed by atoms with Gasteiger partial charge in [-0.25, -0.2) is 15.0 Å². The number of hydrogen-bond acceptors (Lipinski definition) is 6. The van der Waals surface area contributed by atoms with Crippen LogP contribution >= 0.6 is 11.3 Å². The van der Waals surface area contributed by atoms with Crippen molar-refractivity contribution in [2.24, 2.45) is 7.05 Å². The first-order valence-corrected chi connectivity index (χ1v) is 11.0. The fourth-order valence-corrected chi connectivity index (χ4v) is 4.35. The van der Waals surface area contributed by atoms with Crippen LogP contribution in [0.5, 0.6) is 0 Å². The molecule has 0 bridgehead atoms. The lowest BCUT2D eigenvalue weighted by atomic mass is 10.1. The van der Waals surface area contributed by atoms with Gasteiger partial charge in [0.2, 0.25) is 0 Å². The van der Waals surface area contributed by atoms with Gasteiger partial charge in [-0.05, 0) is 26.0 Å². The number of aryl methyl sites for hydroxylation is 1. The number of benzene rings is 1. The molecule has 0 spiro atoms. The number of thiazole rings is 1. The third kappa shape index (κ3) is 4.34. The number of nitrogens with zero attached hydrogens (tertiary/aromatic N) is 5. The summed E-state index contributed by atoms with van der Waals surface area (Å²) in [5, 5.41) is 3.45. The second-order valence-electron chi connectivity index (χ2n) is 6.96. The third-order valence-corrected chi connectivity index (χ3v) is 5.98. The SMILES string of the molecule is CCN(CC)c1ccc(C(=O)Nc2nc(-c3ccccc3)c(-c3nccn3C)s2)cn1. The van der Waals surface area contributed by atoms with Crippen LogP contribution in [0, 0.1) is 0 Å². The molecule has 3 aromatic heterocycles. The lowest BCUT2D eigenvalue weighted by Gasteiger charge is -2.19. The summed E-state index contributed by atoms with van der Waals surface area (Å²) < 4.78 is 1.95. The van der Waals surface area contributed by atoms with Gasteiger partial charge < -0.3 is 9.47 Å². The molecule has 0 atom stereocenters.